The molecule has 3 unspecified atom stereocenters. The second kappa shape index (κ2) is 5.78. The van der Waals surface area contributed by atoms with E-state index in [0.717, 1.165) is 18.4 Å². The molecule has 0 aliphatic heterocycles. The molecule has 1 aromatic rings. The Morgan fingerprint density at radius 2 is 1.90 bits per heavy atom. The summed E-state index contributed by atoms with van der Waals surface area (Å²) in [6.45, 7) is 1.74. The quantitative estimate of drug-likeness (QED) is 0.930. The van der Waals surface area contributed by atoms with E-state index in [2.05, 4.69) is 6.07 Å². The van der Waals surface area contributed by atoms with Crippen LogP contribution < -0.4 is 0 Å². The predicted molar refractivity (Wildman–Crippen MR) is 81.3 cm³/mol. The van der Waals surface area contributed by atoms with Crippen LogP contribution in [0.15, 0.2) is 24.3 Å². The summed E-state index contributed by atoms with van der Waals surface area (Å²) in [5.74, 6) is -0.0843. The van der Waals surface area contributed by atoms with Crippen LogP contribution in [0.5, 0.6) is 0 Å². The SMILES string of the molecule is CC(O)(c1ccc(C#N)cc1)C1CCCC(S(C)(=O)=O)C1. The topological polar surface area (TPSA) is 78.2 Å². The number of nitrogens with zero attached hydrogens (tertiary/aromatic N) is 1. The predicted octanol–water partition coefficient (Wildman–Crippen LogP) is 2.37. The van der Waals surface area contributed by atoms with Crippen molar-refractivity contribution in [2.24, 2.45) is 5.92 Å². The zero-order valence-corrected chi connectivity index (χ0v) is 13.2. The fourth-order valence-electron chi connectivity index (χ4n) is 3.16. The average Bonchev–Trinajstić information content (AvgIpc) is 2.46. The van der Waals surface area contributed by atoms with Crippen molar-refractivity contribution < 1.29 is 13.5 Å². The standard InChI is InChI=1S/C16H21NO3S/c1-16(18,13-8-6-12(11-17)7-9-13)14-4-3-5-15(10-14)21(2,19)20/h6-9,14-15,18H,3-5,10H2,1-2H3. The van der Waals surface area contributed by atoms with Crippen LogP contribution in [0.1, 0.15) is 43.7 Å². The largest absolute Gasteiger partial charge is 0.385 e. The monoisotopic (exact) mass is 307 g/mol. The first-order chi connectivity index (χ1) is 9.75. The minimum absolute atomic E-state index is 0.0843. The molecular formula is C16H21NO3S. The summed E-state index contributed by atoms with van der Waals surface area (Å²) in [6, 6.07) is 8.92. The molecule has 1 aromatic carbocycles. The number of hydrogen-bond donors (Lipinski definition) is 1. The van der Waals surface area contributed by atoms with Gasteiger partial charge in [0.1, 0.15) is 9.84 Å². The number of rotatable bonds is 3. The third-order valence-electron chi connectivity index (χ3n) is 4.62. The lowest BCUT2D eigenvalue weighted by molar-refractivity contribution is -0.0208. The van der Waals surface area contributed by atoms with Crippen LogP contribution >= 0.6 is 0 Å². The van der Waals surface area contributed by atoms with E-state index in [-0.39, 0.29) is 11.2 Å². The number of hydrogen-bond acceptors (Lipinski definition) is 4. The van der Waals surface area contributed by atoms with Gasteiger partial charge in [-0.2, -0.15) is 5.26 Å². The van der Waals surface area contributed by atoms with Gasteiger partial charge in [0.25, 0.3) is 0 Å². The minimum Gasteiger partial charge on any atom is -0.385 e. The van der Waals surface area contributed by atoms with Gasteiger partial charge in [0, 0.05) is 6.26 Å². The highest BCUT2D eigenvalue weighted by Crippen LogP contribution is 2.40. The maximum atomic E-state index is 11.8. The first kappa shape index (κ1) is 16.0. The lowest BCUT2D eigenvalue weighted by Gasteiger charge is -2.38. The average molecular weight is 307 g/mol. The highest BCUT2D eigenvalue weighted by atomic mass is 32.2. The van der Waals surface area contributed by atoms with Crippen molar-refractivity contribution in [3.8, 4) is 6.07 Å². The summed E-state index contributed by atoms with van der Waals surface area (Å²) in [6.07, 6.45) is 4.08. The molecule has 1 N–H and O–H groups in total. The second-order valence-corrected chi connectivity index (χ2v) is 8.48. The van der Waals surface area contributed by atoms with Crippen molar-refractivity contribution in [2.45, 2.75) is 43.5 Å². The Morgan fingerprint density at radius 3 is 2.43 bits per heavy atom. The summed E-state index contributed by atoms with van der Waals surface area (Å²) < 4.78 is 23.5. The molecule has 21 heavy (non-hydrogen) atoms. The maximum Gasteiger partial charge on any atom is 0.150 e. The third-order valence-corrected chi connectivity index (χ3v) is 6.26. The highest BCUT2D eigenvalue weighted by molar-refractivity contribution is 7.91. The molecule has 3 atom stereocenters. The molecule has 0 saturated heterocycles. The first-order valence-corrected chi connectivity index (χ1v) is 9.12. The van der Waals surface area contributed by atoms with Crippen LogP contribution in [-0.4, -0.2) is 25.0 Å². The van der Waals surface area contributed by atoms with Gasteiger partial charge in [-0.25, -0.2) is 8.42 Å². The molecule has 0 spiro atoms. The molecule has 114 valence electrons. The van der Waals surface area contributed by atoms with Gasteiger partial charge in [-0.1, -0.05) is 18.6 Å². The van der Waals surface area contributed by atoms with E-state index < -0.39 is 15.4 Å². The normalized spacial score (nSPS) is 25.8. The lowest BCUT2D eigenvalue weighted by atomic mass is 9.74. The van der Waals surface area contributed by atoms with Crippen LogP contribution in [0.3, 0.4) is 0 Å². The molecule has 0 aromatic heterocycles. The molecule has 1 aliphatic carbocycles. The molecule has 1 fully saturated rings. The summed E-state index contributed by atoms with van der Waals surface area (Å²) in [4.78, 5) is 0. The zero-order valence-electron chi connectivity index (χ0n) is 12.4. The number of nitriles is 1. The maximum absolute atomic E-state index is 11.8. The van der Waals surface area contributed by atoms with Crippen molar-refractivity contribution in [1.82, 2.24) is 0 Å². The summed E-state index contributed by atoms with van der Waals surface area (Å²) in [5.41, 5.74) is 0.213. The smallest absolute Gasteiger partial charge is 0.150 e. The van der Waals surface area contributed by atoms with Gasteiger partial charge in [-0.05, 0) is 49.8 Å². The Hall–Kier alpha value is -1.38. The second-order valence-electron chi connectivity index (χ2n) is 6.15. The lowest BCUT2D eigenvalue weighted by Crippen LogP contribution is -2.38. The van der Waals surface area contributed by atoms with Crippen LogP contribution in [0, 0.1) is 17.2 Å². The van der Waals surface area contributed by atoms with Crippen molar-refractivity contribution in [1.29, 1.82) is 5.26 Å². The summed E-state index contributed by atoms with van der Waals surface area (Å²) >= 11 is 0. The number of sulfone groups is 1. The van der Waals surface area contributed by atoms with Gasteiger partial charge in [-0.3, -0.25) is 0 Å². The van der Waals surface area contributed by atoms with E-state index in [4.69, 9.17) is 5.26 Å². The summed E-state index contributed by atoms with van der Waals surface area (Å²) in [5, 5.41) is 19.3. The molecule has 1 aliphatic rings. The third kappa shape index (κ3) is 3.45. The molecule has 0 heterocycles. The Balaban J connectivity index is 2.23. The van der Waals surface area contributed by atoms with Crippen LogP contribution in [0.25, 0.3) is 0 Å². The Kier molecular flexibility index (Phi) is 4.40. The van der Waals surface area contributed by atoms with E-state index in [0.29, 0.717) is 18.4 Å². The van der Waals surface area contributed by atoms with Crippen LogP contribution in [0.4, 0.5) is 0 Å². The van der Waals surface area contributed by atoms with Gasteiger partial charge in [-0.15, -0.1) is 0 Å². The molecule has 2 rings (SSSR count). The van der Waals surface area contributed by atoms with Crippen LogP contribution in [0.2, 0.25) is 0 Å². The first-order valence-electron chi connectivity index (χ1n) is 7.17. The molecule has 0 bridgehead atoms. The highest BCUT2D eigenvalue weighted by Gasteiger charge is 2.39. The fraction of sp³-hybridized carbons (Fsp3) is 0.562. The van der Waals surface area contributed by atoms with Crippen molar-refractivity contribution in [3.05, 3.63) is 35.4 Å². The molecule has 4 nitrogen and oxygen atoms in total. The van der Waals surface area contributed by atoms with E-state index in [1.54, 1.807) is 31.2 Å². The van der Waals surface area contributed by atoms with Crippen molar-refractivity contribution in [2.75, 3.05) is 6.26 Å². The molecule has 0 radical (unpaired) electrons. The number of aliphatic hydroxyl groups is 1. The Bertz CT molecular complexity index is 641. The zero-order chi connectivity index (χ0) is 15.7. The Morgan fingerprint density at radius 1 is 1.29 bits per heavy atom. The van der Waals surface area contributed by atoms with Crippen molar-refractivity contribution in [3.63, 3.8) is 0 Å². The van der Waals surface area contributed by atoms with Gasteiger partial charge in [0.2, 0.25) is 0 Å². The van der Waals surface area contributed by atoms with Gasteiger partial charge >= 0.3 is 0 Å². The number of benzene rings is 1. The van der Waals surface area contributed by atoms with E-state index >= 15 is 0 Å². The van der Waals surface area contributed by atoms with Gasteiger partial charge in [0.15, 0.2) is 0 Å². The van der Waals surface area contributed by atoms with Gasteiger partial charge in [0.05, 0.1) is 22.5 Å². The van der Waals surface area contributed by atoms with E-state index in [9.17, 15) is 13.5 Å². The van der Waals surface area contributed by atoms with E-state index in [1.807, 2.05) is 0 Å². The molecular weight excluding hydrogens is 286 g/mol. The van der Waals surface area contributed by atoms with Gasteiger partial charge < -0.3 is 5.11 Å². The molecule has 5 heteroatoms. The minimum atomic E-state index is -3.07. The van der Waals surface area contributed by atoms with Crippen LogP contribution in [-0.2, 0) is 15.4 Å². The Labute approximate surface area is 126 Å². The van der Waals surface area contributed by atoms with E-state index in [1.165, 1.54) is 6.26 Å². The summed E-state index contributed by atoms with van der Waals surface area (Å²) in [7, 11) is -3.07. The molecule has 0 amide bonds. The molecule has 1 saturated carbocycles. The fourth-order valence-corrected chi connectivity index (χ4v) is 4.34. The van der Waals surface area contributed by atoms with Crippen molar-refractivity contribution >= 4 is 9.84 Å².